The van der Waals surface area contributed by atoms with Crippen molar-refractivity contribution in [2.45, 2.75) is 6.42 Å². The minimum Gasteiger partial charge on any atom is -0.359 e. The average Bonchev–Trinajstić information content (AvgIpc) is 2.86. The van der Waals surface area contributed by atoms with Gasteiger partial charge in [0.15, 0.2) is 0 Å². The molecule has 2 bridgehead atoms. The van der Waals surface area contributed by atoms with Gasteiger partial charge in [-0.2, -0.15) is 0 Å². The quantitative estimate of drug-likeness (QED) is 0.623. The zero-order chi connectivity index (χ0) is 11.0. The van der Waals surface area contributed by atoms with E-state index in [4.69, 9.17) is 0 Å². The Kier molecular flexibility index (Phi) is 2.50. The Morgan fingerprint density at radius 1 is 1.00 bits per heavy atom. The predicted octanol–water partition coefficient (Wildman–Crippen LogP) is -0.0833. The third-order valence-corrected chi connectivity index (χ3v) is 3.56. The van der Waals surface area contributed by atoms with Gasteiger partial charge in [0, 0.05) is 14.1 Å². The molecule has 2 aliphatic carbocycles. The number of allylic oxidation sites excluding steroid dienone is 2. The first-order chi connectivity index (χ1) is 7.19. The van der Waals surface area contributed by atoms with Crippen molar-refractivity contribution in [3.05, 3.63) is 12.2 Å². The monoisotopic (exact) mass is 208 g/mol. The summed E-state index contributed by atoms with van der Waals surface area (Å²) in [6.07, 6.45) is 5.09. The predicted molar refractivity (Wildman–Crippen MR) is 55.9 cm³/mol. The van der Waals surface area contributed by atoms with Gasteiger partial charge in [0.05, 0.1) is 11.8 Å². The number of nitrogens with one attached hydrogen (secondary N) is 2. The molecule has 0 heterocycles. The fraction of sp³-hybridized carbons (Fsp3) is 0.636. The fourth-order valence-electron chi connectivity index (χ4n) is 2.87. The summed E-state index contributed by atoms with van der Waals surface area (Å²) >= 11 is 0. The summed E-state index contributed by atoms with van der Waals surface area (Å²) < 4.78 is 0. The van der Waals surface area contributed by atoms with E-state index < -0.39 is 0 Å². The highest BCUT2D eigenvalue weighted by atomic mass is 16.2. The standard InChI is InChI=1S/C11H16N2O2/c1-12-10(14)8-6-3-4-7(5-6)9(8)11(15)13-2/h3-4,6-9H,5H2,1-2H3,(H,12,14)(H,13,15)/t6-,7+,8-,9+. The normalized spacial score (nSPS) is 36.7. The SMILES string of the molecule is CNC(=O)[C@@H]1[C@H](C(=O)NC)[C@@H]2C=C[C@H]1C2. The van der Waals surface area contributed by atoms with E-state index in [0.29, 0.717) is 0 Å². The molecule has 2 rings (SSSR count). The maximum absolute atomic E-state index is 11.7. The van der Waals surface area contributed by atoms with E-state index in [2.05, 4.69) is 22.8 Å². The van der Waals surface area contributed by atoms with Crippen molar-refractivity contribution in [2.24, 2.45) is 23.7 Å². The van der Waals surface area contributed by atoms with E-state index in [0.717, 1.165) is 6.42 Å². The molecule has 2 amide bonds. The second-order valence-corrected chi connectivity index (χ2v) is 4.23. The largest absolute Gasteiger partial charge is 0.359 e. The van der Waals surface area contributed by atoms with Gasteiger partial charge in [-0.1, -0.05) is 12.2 Å². The maximum atomic E-state index is 11.7. The topological polar surface area (TPSA) is 58.2 Å². The molecule has 15 heavy (non-hydrogen) atoms. The van der Waals surface area contributed by atoms with Crippen molar-refractivity contribution in [3.8, 4) is 0 Å². The van der Waals surface area contributed by atoms with E-state index in [-0.39, 0.29) is 35.5 Å². The van der Waals surface area contributed by atoms with Gasteiger partial charge in [0.25, 0.3) is 0 Å². The van der Waals surface area contributed by atoms with Crippen LogP contribution in [0, 0.1) is 23.7 Å². The van der Waals surface area contributed by atoms with Gasteiger partial charge in [0.1, 0.15) is 0 Å². The van der Waals surface area contributed by atoms with Crippen LogP contribution in [-0.2, 0) is 9.59 Å². The highest BCUT2D eigenvalue weighted by molar-refractivity contribution is 5.89. The smallest absolute Gasteiger partial charge is 0.224 e. The molecule has 1 fully saturated rings. The van der Waals surface area contributed by atoms with Crippen molar-refractivity contribution in [1.29, 1.82) is 0 Å². The van der Waals surface area contributed by atoms with Gasteiger partial charge in [-0.05, 0) is 18.3 Å². The average molecular weight is 208 g/mol. The summed E-state index contributed by atoms with van der Waals surface area (Å²) in [5.41, 5.74) is 0. The molecule has 2 N–H and O–H groups in total. The molecule has 82 valence electrons. The summed E-state index contributed by atoms with van der Waals surface area (Å²) in [6.45, 7) is 0. The molecule has 0 aliphatic heterocycles. The minimum atomic E-state index is -0.176. The lowest BCUT2D eigenvalue weighted by molar-refractivity contribution is -0.134. The molecule has 4 heteroatoms. The maximum Gasteiger partial charge on any atom is 0.224 e. The molecule has 0 radical (unpaired) electrons. The van der Waals surface area contributed by atoms with E-state index in [1.54, 1.807) is 14.1 Å². The third kappa shape index (κ3) is 1.44. The summed E-state index contributed by atoms with van der Waals surface area (Å²) in [5, 5.41) is 5.30. The van der Waals surface area contributed by atoms with E-state index in [1.807, 2.05) is 0 Å². The number of carbonyl (C=O) groups is 2. The second-order valence-electron chi connectivity index (χ2n) is 4.23. The second kappa shape index (κ2) is 3.68. The Hall–Kier alpha value is -1.32. The molecule has 0 unspecified atom stereocenters. The van der Waals surface area contributed by atoms with Crippen LogP contribution in [0.2, 0.25) is 0 Å². The van der Waals surface area contributed by atoms with Gasteiger partial charge in [-0.15, -0.1) is 0 Å². The summed E-state index contributed by atoms with van der Waals surface area (Å²) in [6, 6.07) is 0. The molecule has 0 aromatic heterocycles. The summed E-state index contributed by atoms with van der Waals surface area (Å²) in [4.78, 5) is 23.4. The lowest BCUT2D eigenvalue weighted by Crippen LogP contribution is -2.42. The lowest BCUT2D eigenvalue weighted by Gasteiger charge is -2.24. The molecule has 4 atom stereocenters. The van der Waals surface area contributed by atoms with Crippen LogP contribution in [0.3, 0.4) is 0 Å². The molecular formula is C11H16N2O2. The number of hydrogen-bond acceptors (Lipinski definition) is 2. The van der Waals surface area contributed by atoms with Crippen LogP contribution >= 0.6 is 0 Å². The summed E-state index contributed by atoms with van der Waals surface area (Å²) in [5.74, 6) is 0.116. The Morgan fingerprint density at radius 3 is 1.73 bits per heavy atom. The first-order valence-corrected chi connectivity index (χ1v) is 5.30. The molecule has 4 nitrogen and oxygen atoms in total. The first kappa shape index (κ1) is 10.2. The number of amides is 2. The van der Waals surface area contributed by atoms with Gasteiger partial charge in [0.2, 0.25) is 11.8 Å². The Morgan fingerprint density at radius 2 is 1.40 bits per heavy atom. The van der Waals surface area contributed by atoms with Crippen molar-refractivity contribution in [1.82, 2.24) is 10.6 Å². The molecular weight excluding hydrogens is 192 g/mol. The number of rotatable bonds is 2. The highest BCUT2D eigenvalue weighted by Gasteiger charge is 2.50. The molecule has 0 spiro atoms. The van der Waals surface area contributed by atoms with Gasteiger partial charge in [-0.25, -0.2) is 0 Å². The van der Waals surface area contributed by atoms with E-state index in [9.17, 15) is 9.59 Å². The molecule has 0 aromatic rings. The zero-order valence-corrected chi connectivity index (χ0v) is 8.99. The van der Waals surface area contributed by atoms with Gasteiger partial charge < -0.3 is 10.6 Å². The van der Waals surface area contributed by atoms with Crippen LogP contribution in [0.4, 0.5) is 0 Å². The van der Waals surface area contributed by atoms with E-state index in [1.165, 1.54) is 0 Å². The van der Waals surface area contributed by atoms with E-state index >= 15 is 0 Å². The molecule has 0 saturated heterocycles. The first-order valence-electron chi connectivity index (χ1n) is 5.30. The highest BCUT2D eigenvalue weighted by Crippen LogP contribution is 2.48. The molecule has 2 aliphatic rings. The van der Waals surface area contributed by atoms with Crippen LogP contribution < -0.4 is 10.6 Å². The minimum absolute atomic E-state index is 0.0135. The van der Waals surface area contributed by atoms with Crippen molar-refractivity contribution in [3.63, 3.8) is 0 Å². The summed E-state index contributed by atoms with van der Waals surface area (Å²) in [7, 11) is 3.25. The Labute approximate surface area is 89.1 Å². The van der Waals surface area contributed by atoms with Gasteiger partial charge >= 0.3 is 0 Å². The fourth-order valence-corrected chi connectivity index (χ4v) is 2.87. The van der Waals surface area contributed by atoms with Gasteiger partial charge in [-0.3, -0.25) is 9.59 Å². The zero-order valence-electron chi connectivity index (χ0n) is 8.99. The van der Waals surface area contributed by atoms with Crippen molar-refractivity contribution >= 4 is 11.8 Å². The Bertz CT molecular complexity index is 295. The molecule has 1 saturated carbocycles. The lowest BCUT2D eigenvalue weighted by atomic mass is 9.82. The van der Waals surface area contributed by atoms with Crippen LogP contribution in [0.5, 0.6) is 0 Å². The van der Waals surface area contributed by atoms with Crippen LogP contribution in [0.1, 0.15) is 6.42 Å². The van der Waals surface area contributed by atoms with Crippen LogP contribution in [0.15, 0.2) is 12.2 Å². The number of hydrogen-bond donors (Lipinski definition) is 2. The Balaban J connectivity index is 2.24. The van der Waals surface area contributed by atoms with Crippen LogP contribution in [0.25, 0.3) is 0 Å². The van der Waals surface area contributed by atoms with Crippen molar-refractivity contribution < 1.29 is 9.59 Å². The number of carbonyl (C=O) groups excluding carboxylic acids is 2. The van der Waals surface area contributed by atoms with Crippen molar-refractivity contribution in [2.75, 3.05) is 14.1 Å². The van der Waals surface area contributed by atoms with Crippen LogP contribution in [-0.4, -0.2) is 25.9 Å². The third-order valence-electron chi connectivity index (χ3n) is 3.56. The number of fused-ring (bicyclic) bond motifs is 2. The molecule has 0 aromatic carbocycles.